The Labute approximate surface area is 140 Å². The highest BCUT2D eigenvalue weighted by molar-refractivity contribution is 14.1. The summed E-state index contributed by atoms with van der Waals surface area (Å²) in [4.78, 5) is 11.5. The number of hydrogen-bond acceptors (Lipinski definition) is 6. The van der Waals surface area contributed by atoms with E-state index in [4.69, 9.17) is 4.18 Å². The monoisotopic (exact) mass is 450 g/mol. The normalized spacial score (nSPS) is 18.3. The Hall–Kier alpha value is -1.46. The molecule has 0 amide bonds. The molecule has 2 aromatic carbocycles. The molecule has 6 nitrogen and oxygen atoms in total. The summed E-state index contributed by atoms with van der Waals surface area (Å²) in [5.74, 6) is -0.389. The third-order valence-corrected chi connectivity index (χ3v) is 6.60. The number of carbonyl (C=O) groups excluding carboxylic acids is 1. The van der Waals surface area contributed by atoms with Gasteiger partial charge in [0.2, 0.25) is 9.84 Å². The molecule has 1 aliphatic heterocycles. The van der Waals surface area contributed by atoms with Crippen molar-refractivity contribution in [1.29, 1.82) is 0 Å². The fourth-order valence-corrected chi connectivity index (χ4v) is 5.05. The zero-order chi connectivity index (χ0) is 16.1. The Balaban J connectivity index is 2.44. The minimum Gasteiger partial charge on any atom is -0.378 e. The highest BCUT2D eigenvalue weighted by atomic mass is 127. The summed E-state index contributed by atoms with van der Waals surface area (Å²) in [7, 11) is -8.70. The van der Waals surface area contributed by atoms with E-state index < -0.39 is 40.4 Å². The van der Waals surface area contributed by atoms with Crippen LogP contribution in [0.5, 0.6) is 5.75 Å². The molecule has 2 aromatic rings. The summed E-state index contributed by atoms with van der Waals surface area (Å²) in [6.07, 6.45) is 0. The van der Waals surface area contributed by atoms with E-state index in [1.807, 2.05) is 22.6 Å². The van der Waals surface area contributed by atoms with Gasteiger partial charge < -0.3 is 4.18 Å². The van der Waals surface area contributed by atoms with E-state index in [2.05, 4.69) is 0 Å². The van der Waals surface area contributed by atoms with E-state index in [0.717, 1.165) is 12.1 Å². The number of fused-ring (bicyclic) bond motifs is 2. The predicted octanol–water partition coefficient (Wildman–Crippen LogP) is 1.99. The minimum atomic E-state index is -4.39. The molecule has 1 heterocycles. The zero-order valence-electron chi connectivity index (χ0n) is 10.7. The summed E-state index contributed by atoms with van der Waals surface area (Å²) >= 11 is 1.86. The number of para-hydroxylation sites is 1. The van der Waals surface area contributed by atoms with Gasteiger partial charge in [0, 0.05) is 3.57 Å². The highest BCUT2D eigenvalue weighted by Gasteiger charge is 2.38. The molecule has 114 valence electrons. The third-order valence-electron chi connectivity index (χ3n) is 3.01. The number of halogens is 1. The number of benzene rings is 2. The number of carbonyl (C=O) groups is 1. The zero-order valence-corrected chi connectivity index (χ0v) is 14.5. The molecule has 0 saturated carbocycles. The van der Waals surface area contributed by atoms with Crippen LogP contribution in [-0.4, -0.2) is 22.0 Å². The van der Waals surface area contributed by atoms with Crippen molar-refractivity contribution in [2.24, 2.45) is 0 Å². The molecular formula is C13H7IO6S2. The van der Waals surface area contributed by atoms with Crippen LogP contribution >= 0.6 is 22.6 Å². The van der Waals surface area contributed by atoms with Crippen LogP contribution in [0.3, 0.4) is 0 Å². The lowest BCUT2D eigenvalue weighted by Gasteiger charge is -2.17. The molecule has 9 heteroatoms. The first kappa shape index (κ1) is 15.4. The highest BCUT2D eigenvalue weighted by Crippen LogP contribution is 2.34. The van der Waals surface area contributed by atoms with Crippen molar-refractivity contribution in [1.82, 2.24) is 0 Å². The van der Waals surface area contributed by atoms with Gasteiger partial charge in [0.25, 0.3) is 5.12 Å². The Morgan fingerprint density at radius 1 is 0.909 bits per heavy atom. The van der Waals surface area contributed by atoms with Crippen LogP contribution in [0.1, 0.15) is 10.4 Å². The lowest BCUT2D eigenvalue weighted by atomic mass is 10.2. The van der Waals surface area contributed by atoms with Crippen molar-refractivity contribution >= 4 is 47.7 Å². The van der Waals surface area contributed by atoms with E-state index in [0.29, 0.717) is 3.57 Å². The molecule has 0 atom stereocenters. The number of rotatable bonds is 0. The van der Waals surface area contributed by atoms with Crippen LogP contribution in [0, 0.1) is 3.57 Å². The lowest BCUT2D eigenvalue weighted by Crippen LogP contribution is -2.24. The quantitative estimate of drug-likeness (QED) is 0.450. The van der Waals surface area contributed by atoms with Gasteiger partial charge in [-0.05, 0) is 52.9 Å². The molecule has 0 unspecified atom stereocenters. The number of sulfone groups is 1. The molecule has 0 radical (unpaired) electrons. The van der Waals surface area contributed by atoms with Gasteiger partial charge in [-0.15, -0.1) is 0 Å². The van der Waals surface area contributed by atoms with Gasteiger partial charge in [-0.25, -0.2) is 8.42 Å². The average Bonchev–Trinajstić information content (AvgIpc) is 2.45. The lowest BCUT2D eigenvalue weighted by molar-refractivity contribution is 0.107. The Morgan fingerprint density at radius 2 is 1.59 bits per heavy atom. The summed E-state index contributed by atoms with van der Waals surface area (Å²) < 4.78 is 54.9. The summed E-state index contributed by atoms with van der Waals surface area (Å²) in [6.45, 7) is 0. The Kier molecular flexibility index (Phi) is 3.53. The van der Waals surface area contributed by atoms with Gasteiger partial charge in [-0.3, -0.25) is 4.79 Å². The smallest absolute Gasteiger partial charge is 0.340 e. The average molecular weight is 450 g/mol. The van der Waals surface area contributed by atoms with E-state index in [9.17, 15) is 21.6 Å². The molecule has 0 aliphatic carbocycles. The predicted molar refractivity (Wildman–Crippen MR) is 84.9 cm³/mol. The van der Waals surface area contributed by atoms with Crippen LogP contribution < -0.4 is 4.18 Å². The minimum absolute atomic E-state index is 0.389. The first-order chi connectivity index (χ1) is 10.2. The Morgan fingerprint density at radius 3 is 2.32 bits per heavy atom. The molecule has 0 saturated heterocycles. The first-order valence-corrected chi connectivity index (χ1v) is 9.83. The SMILES string of the molecule is O=C1c2cc(I)ccc2S(=O)(=O)Oc2ccccc2S1(=O)=O. The van der Waals surface area contributed by atoms with Crippen LogP contribution in [0.15, 0.2) is 52.3 Å². The second-order valence-corrected chi connectivity index (χ2v) is 8.99. The van der Waals surface area contributed by atoms with Crippen molar-refractivity contribution in [3.05, 3.63) is 51.6 Å². The molecule has 3 rings (SSSR count). The molecular weight excluding hydrogens is 443 g/mol. The third kappa shape index (κ3) is 2.32. The van der Waals surface area contributed by atoms with Crippen molar-refractivity contribution < 1.29 is 25.8 Å². The molecule has 0 bridgehead atoms. The largest absolute Gasteiger partial charge is 0.378 e. The van der Waals surface area contributed by atoms with Crippen molar-refractivity contribution in [3.63, 3.8) is 0 Å². The van der Waals surface area contributed by atoms with Crippen molar-refractivity contribution in [2.75, 3.05) is 0 Å². The molecule has 0 aromatic heterocycles. The van der Waals surface area contributed by atoms with Gasteiger partial charge in [0.15, 0.2) is 5.75 Å². The van der Waals surface area contributed by atoms with E-state index in [-0.39, 0.29) is 5.75 Å². The maximum atomic E-state index is 12.4. The van der Waals surface area contributed by atoms with E-state index in [1.165, 1.54) is 30.3 Å². The fraction of sp³-hybridized carbons (Fsp3) is 0. The maximum absolute atomic E-state index is 12.4. The van der Waals surface area contributed by atoms with Crippen LogP contribution in [0.2, 0.25) is 0 Å². The number of hydrogen-bond donors (Lipinski definition) is 0. The Bertz CT molecular complexity index is 1010. The van der Waals surface area contributed by atoms with E-state index >= 15 is 0 Å². The summed E-state index contributed by atoms with van der Waals surface area (Å²) in [6, 6.07) is 8.96. The summed E-state index contributed by atoms with van der Waals surface area (Å²) in [5.41, 5.74) is -0.415. The van der Waals surface area contributed by atoms with Gasteiger partial charge >= 0.3 is 10.1 Å². The van der Waals surface area contributed by atoms with Crippen LogP contribution in [0.25, 0.3) is 0 Å². The summed E-state index contributed by atoms with van der Waals surface area (Å²) in [5, 5.41) is -1.26. The van der Waals surface area contributed by atoms with E-state index in [1.54, 1.807) is 0 Å². The molecule has 0 N–H and O–H groups in total. The second kappa shape index (κ2) is 5.03. The second-order valence-electron chi connectivity index (χ2n) is 4.42. The van der Waals surface area contributed by atoms with Crippen molar-refractivity contribution in [3.8, 4) is 5.75 Å². The van der Waals surface area contributed by atoms with Crippen LogP contribution in [-0.2, 0) is 20.0 Å². The molecule has 1 aliphatic rings. The topological polar surface area (TPSA) is 94.6 Å². The van der Waals surface area contributed by atoms with Crippen molar-refractivity contribution in [2.45, 2.75) is 9.79 Å². The van der Waals surface area contributed by atoms with Gasteiger partial charge in [0.05, 0.1) is 5.56 Å². The standard InChI is InChI=1S/C13H7IO6S2/c14-8-5-6-11-9(7-8)13(15)21(16,17)12-4-2-1-3-10(12)20-22(11,18)19/h1-7H. The first-order valence-electron chi connectivity index (χ1n) is 5.86. The van der Waals surface area contributed by atoms with Gasteiger partial charge in [0.1, 0.15) is 9.79 Å². The fourth-order valence-electron chi connectivity index (χ4n) is 2.03. The molecule has 0 spiro atoms. The van der Waals surface area contributed by atoms with Gasteiger partial charge in [-0.1, -0.05) is 12.1 Å². The molecule has 0 fully saturated rings. The maximum Gasteiger partial charge on any atom is 0.340 e. The van der Waals surface area contributed by atoms with Crippen LogP contribution in [0.4, 0.5) is 0 Å². The molecule has 22 heavy (non-hydrogen) atoms. The van der Waals surface area contributed by atoms with Gasteiger partial charge in [-0.2, -0.15) is 8.42 Å².